The zero-order chi connectivity index (χ0) is 15.8. The molecule has 1 atom stereocenters. The van der Waals surface area contributed by atoms with Crippen molar-refractivity contribution < 1.29 is 4.79 Å². The number of carbonyl (C=O) groups excluding carboxylic acids is 1. The molecule has 1 aliphatic heterocycles. The number of nitrogens with one attached hydrogen (secondary N) is 1. The second-order valence-electron chi connectivity index (χ2n) is 6.06. The molecular formula is C19H17ClN2O. The molecule has 1 saturated heterocycles. The Balaban J connectivity index is 1.52. The van der Waals surface area contributed by atoms with Crippen LogP contribution in [0.25, 0.3) is 10.9 Å². The van der Waals surface area contributed by atoms with Gasteiger partial charge >= 0.3 is 0 Å². The lowest BCUT2D eigenvalue weighted by atomic mass is 10.1. The molecule has 3 nitrogen and oxygen atoms in total. The van der Waals surface area contributed by atoms with E-state index in [1.807, 2.05) is 17.0 Å². The van der Waals surface area contributed by atoms with E-state index in [4.69, 9.17) is 11.6 Å². The number of hydrogen-bond donors (Lipinski definition) is 1. The zero-order valence-electron chi connectivity index (χ0n) is 12.6. The summed E-state index contributed by atoms with van der Waals surface area (Å²) in [6, 6.07) is 17.6. The minimum absolute atomic E-state index is 0.0836. The molecule has 4 rings (SSSR count). The molecule has 1 aromatic heterocycles. The van der Waals surface area contributed by atoms with E-state index < -0.39 is 0 Å². The molecule has 0 radical (unpaired) electrons. The van der Waals surface area contributed by atoms with E-state index in [-0.39, 0.29) is 5.91 Å². The maximum Gasteiger partial charge on any atom is 0.253 e. The lowest BCUT2D eigenvalue weighted by molar-refractivity contribution is 0.0790. The largest absolute Gasteiger partial charge is 0.358 e. The summed E-state index contributed by atoms with van der Waals surface area (Å²) < 4.78 is 0. The minimum Gasteiger partial charge on any atom is -0.358 e. The lowest BCUT2D eigenvalue weighted by Crippen LogP contribution is -2.28. The number of rotatable bonds is 2. The molecule has 116 valence electrons. The standard InChI is InChI=1S/C19H17ClN2O/c20-16-7-5-13(6-8-16)19(23)22-10-9-15(12-22)18-11-14-3-1-2-4-17(14)21-18/h1-8,11,15,21H,9-10,12H2. The molecule has 1 unspecified atom stereocenters. The summed E-state index contributed by atoms with van der Waals surface area (Å²) in [5, 5.41) is 1.88. The first-order valence-corrected chi connectivity index (χ1v) is 8.21. The van der Waals surface area contributed by atoms with Crippen LogP contribution in [0, 0.1) is 0 Å². The van der Waals surface area contributed by atoms with Crippen LogP contribution >= 0.6 is 11.6 Å². The maximum absolute atomic E-state index is 12.6. The summed E-state index contributed by atoms with van der Waals surface area (Å²) in [7, 11) is 0. The van der Waals surface area contributed by atoms with Gasteiger partial charge in [0.15, 0.2) is 0 Å². The van der Waals surface area contributed by atoms with Crippen molar-refractivity contribution in [2.75, 3.05) is 13.1 Å². The van der Waals surface area contributed by atoms with Gasteiger partial charge in [-0.2, -0.15) is 0 Å². The summed E-state index contributed by atoms with van der Waals surface area (Å²) in [6.45, 7) is 1.55. The number of halogens is 1. The Kier molecular flexibility index (Phi) is 3.58. The number of amides is 1. The summed E-state index contributed by atoms with van der Waals surface area (Å²) >= 11 is 5.89. The highest BCUT2D eigenvalue weighted by atomic mass is 35.5. The number of aromatic amines is 1. The second-order valence-corrected chi connectivity index (χ2v) is 6.49. The molecule has 4 heteroatoms. The summed E-state index contributed by atoms with van der Waals surface area (Å²) in [5.41, 5.74) is 3.08. The van der Waals surface area contributed by atoms with E-state index in [9.17, 15) is 4.79 Å². The van der Waals surface area contributed by atoms with Crippen LogP contribution in [-0.2, 0) is 0 Å². The Morgan fingerprint density at radius 2 is 1.91 bits per heavy atom. The van der Waals surface area contributed by atoms with Gasteiger partial charge in [-0.15, -0.1) is 0 Å². The van der Waals surface area contributed by atoms with Gasteiger partial charge in [0.05, 0.1) is 0 Å². The number of hydrogen-bond acceptors (Lipinski definition) is 1. The van der Waals surface area contributed by atoms with Gasteiger partial charge in [-0.1, -0.05) is 29.8 Å². The molecule has 2 heterocycles. The topological polar surface area (TPSA) is 36.1 Å². The van der Waals surface area contributed by atoms with Crippen LogP contribution in [0.3, 0.4) is 0 Å². The average Bonchev–Trinajstić information content (AvgIpc) is 3.21. The van der Waals surface area contributed by atoms with E-state index in [1.165, 1.54) is 11.1 Å². The van der Waals surface area contributed by atoms with Crippen molar-refractivity contribution in [1.29, 1.82) is 0 Å². The molecule has 23 heavy (non-hydrogen) atoms. The SMILES string of the molecule is O=C(c1ccc(Cl)cc1)N1CCC(c2cc3ccccc3[nH]2)C1. The number of nitrogens with zero attached hydrogens (tertiary/aromatic N) is 1. The predicted molar refractivity (Wildman–Crippen MR) is 93.0 cm³/mol. The highest BCUT2D eigenvalue weighted by Gasteiger charge is 2.28. The van der Waals surface area contributed by atoms with Crippen LogP contribution < -0.4 is 0 Å². The molecule has 1 aliphatic rings. The van der Waals surface area contributed by atoms with Crippen molar-refractivity contribution in [3.8, 4) is 0 Å². The van der Waals surface area contributed by atoms with E-state index in [0.717, 1.165) is 25.0 Å². The third kappa shape index (κ3) is 2.73. The Morgan fingerprint density at radius 3 is 2.70 bits per heavy atom. The molecule has 0 saturated carbocycles. The van der Waals surface area contributed by atoms with Crippen LogP contribution in [0.5, 0.6) is 0 Å². The second kappa shape index (κ2) is 5.74. The number of para-hydroxylation sites is 1. The molecular weight excluding hydrogens is 308 g/mol. The van der Waals surface area contributed by atoms with E-state index >= 15 is 0 Å². The maximum atomic E-state index is 12.6. The van der Waals surface area contributed by atoms with Gasteiger partial charge in [0, 0.05) is 40.8 Å². The van der Waals surface area contributed by atoms with Gasteiger partial charge in [0.1, 0.15) is 0 Å². The van der Waals surface area contributed by atoms with Gasteiger partial charge in [-0.25, -0.2) is 0 Å². The van der Waals surface area contributed by atoms with Crippen LogP contribution in [0.1, 0.15) is 28.4 Å². The van der Waals surface area contributed by atoms with Gasteiger partial charge in [-0.3, -0.25) is 4.79 Å². The molecule has 0 spiro atoms. The number of likely N-dealkylation sites (tertiary alicyclic amines) is 1. The Labute approximate surface area is 139 Å². The Morgan fingerprint density at radius 1 is 1.13 bits per heavy atom. The number of benzene rings is 2. The summed E-state index contributed by atoms with van der Waals surface area (Å²) in [5.74, 6) is 0.457. The fraction of sp³-hybridized carbons (Fsp3) is 0.211. The quantitative estimate of drug-likeness (QED) is 0.742. The third-order valence-electron chi connectivity index (χ3n) is 4.56. The fourth-order valence-electron chi connectivity index (χ4n) is 3.29. The normalized spacial score (nSPS) is 17.8. The van der Waals surface area contributed by atoms with Crippen LogP contribution in [0.4, 0.5) is 0 Å². The van der Waals surface area contributed by atoms with Crippen LogP contribution in [0.2, 0.25) is 5.02 Å². The first-order valence-electron chi connectivity index (χ1n) is 7.83. The Hall–Kier alpha value is -2.26. The van der Waals surface area contributed by atoms with Crippen LogP contribution in [0.15, 0.2) is 54.6 Å². The molecule has 1 fully saturated rings. The van der Waals surface area contributed by atoms with Crippen molar-refractivity contribution in [2.45, 2.75) is 12.3 Å². The minimum atomic E-state index is 0.0836. The number of H-pyrrole nitrogens is 1. The van der Waals surface area contributed by atoms with Crippen molar-refractivity contribution >= 4 is 28.4 Å². The van der Waals surface area contributed by atoms with E-state index in [1.54, 1.807) is 24.3 Å². The highest BCUT2D eigenvalue weighted by Crippen LogP contribution is 2.30. The van der Waals surface area contributed by atoms with Gasteiger partial charge in [0.2, 0.25) is 0 Å². The lowest BCUT2D eigenvalue weighted by Gasteiger charge is -2.16. The first-order chi connectivity index (χ1) is 11.2. The molecule has 3 aromatic rings. The van der Waals surface area contributed by atoms with Crippen molar-refractivity contribution in [3.05, 3.63) is 70.9 Å². The van der Waals surface area contributed by atoms with Crippen LogP contribution in [-0.4, -0.2) is 28.9 Å². The van der Waals surface area contributed by atoms with Crippen molar-refractivity contribution in [2.24, 2.45) is 0 Å². The molecule has 1 N–H and O–H groups in total. The first kappa shape index (κ1) is 14.3. The molecule has 2 aromatic carbocycles. The smallest absolute Gasteiger partial charge is 0.253 e. The van der Waals surface area contributed by atoms with E-state index in [2.05, 4.69) is 23.2 Å². The van der Waals surface area contributed by atoms with Crippen molar-refractivity contribution in [1.82, 2.24) is 9.88 Å². The number of carbonyl (C=O) groups is 1. The average molecular weight is 325 g/mol. The third-order valence-corrected chi connectivity index (χ3v) is 4.81. The molecule has 0 aliphatic carbocycles. The number of aromatic nitrogens is 1. The Bertz CT molecular complexity index is 820. The monoisotopic (exact) mass is 324 g/mol. The van der Waals surface area contributed by atoms with E-state index in [0.29, 0.717) is 16.5 Å². The molecule has 0 bridgehead atoms. The summed E-state index contributed by atoms with van der Waals surface area (Å²) in [6.07, 6.45) is 0.992. The molecule has 1 amide bonds. The van der Waals surface area contributed by atoms with Gasteiger partial charge in [-0.05, 0) is 48.2 Å². The van der Waals surface area contributed by atoms with Gasteiger partial charge < -0.3 is 9.88 Å². The predicted octanol–water partition coefficient (Wildman–Crippen LogP) is 4.45. The fourth-order valence-corrected chi connectivity index (χ4v) is 3.42. The highest BCUT2D eigenvalue weighted by molar-refractivity contribution is 6.30. The van der Waals surface area contributed by atoms with Gasteiger partial charge in [0.25, 0.3) is 5.91 Å². The zero-order valence-corrected chi connectivity index (χ0v) is 13.4. The number of fused-ring (bicyclic) bond motifs is 1. The van der Waals surface area contributed by atoms with Crippen molar-refractivity contribution in [3.63, 3.8) is 0 Å². The summed E-state index contributed by atoms with van der Waals surface area (Å²) in [4.78, 5) is 18.0.